The maximum atomic E-state index is 13.7. The van der Waals surface area contributed by atoms with Gasteiger partial charge >= 0.3 is 5.77 Å². The van der Waals surface area contributed by atoms with Gasteiger partial charge in [0.25, 0.3) is 5.69 Å². The highest BCUT2D eigenvalue weighted by Gasteiger charge is 2.29. The third-order valence-corrected chi connectivity index (χ3v) is 11.7. The smallest absolute Gasteiger partial charge is 0.364 e. The van der Waals surface area contributed by atoms with Crippen LogP contribution in [-0.2, 0) is 4.57 Å². The zero-order chi connectivity index (χ0) is 24.3. The number of aromatic nitrogens is 1. The van der Waals surface area contributed by atoms with Gasteiger partial charge in [0.1, 0.15) is 0 Å². The van der Waals surface area contributed by atoms with Crippen molar-refractivity contribution in [1.82, 2.24) is 4.98 Å². The van der Waals surface area contributed by atoms with Crippen molar-refractivity contribution >= 4 is 45.1 Å². The third-order valence-electron chi connectivity index (χ3n) is 4.84. The molecule has 1 aliphatic carbocycles. The van der Waals surface area contributed by atoms with E-state index in [1.165, 1.54) is 18.2 Å². The largest absolute Gasteiger partial charge is 0.425 e. The lowest BCUT2D eigenvalue weighted by molar-refractivity contribution is -0.384. The molecule has 1 aliphatic heterocycles. The van der Waals surface area contributed by atoms with Gasteiger partial charge in [-0.15, -0.1) is 0 Å². The summed E-state index contributed by atoms with van der Waals surface area (Å²) >= 11 is 2.19. The van der Waals surface area contributed by atoms with Crippen LogP contribution in [0.5, 0.6) is 5.75 Å². The number of fused-ring (bicyclic) bond motifs is 2. The first-order valence-corrected chi connectivity index (χ1v) is 14.8. The van der Waals surface area contributed by atoms with Gasteiger partial charge in [-0.2, -0.15) is 5.26 Å². The van der Waals surface area contributed by atoms with Crippen molar-refractivity contribution in [2.75, 3.05) is 5.75 Å². The fourth-order valence-electron chi connectivity index (χ4n) is 3.22. The highest BCUT2D eigenvalue weighted by atomic mass is 33.1. The monoisotopic (exact) mass is 511 g/mol. The molecule has 0 saturated carbocycles. The van der Waals surface area contributed by atoms with Crippen LogP contribution >= 0.6 is 28.5 Å². The van der Waals surface area contributed by atoms with Crippen LogP contribution in [0.4, 0.5) is 5.69 Å². The second kappa shape index (κ2) is 9.94. The van der Waals surface area contributed by atoms with E-state index >= 15 is 0 Å². The van der Waals surface area contributed by atoms with E-state index in [-0.39, 0.29) is 17.0 Å². The maximum Gasteiger partial charge on any atom is 0.364 e. The summed E-state index contributed by atoms with van der Waals surface area (Å²) < 4.78 is 19.6. The van der Waals surface area contributed by atoms with E-state index in [4.69, 9.17) is 9.79 Å². The first kappa shape index (κ1) is 23.9. The highest BCUT2D eigenvalue weighted by Crippen LogP contribution is 2.71. The number of H-pyrrole nitrogens is 1. The minimum Gasteiger partial charge on any atom is -0.425 e. The van der Waals surface area contributed by atoms with Crippen LogP contribution in [0.1, 0.15) is 18.9 Å². The van der Waals surface area contributed by atoms with Crippen molar-refractivity contribution < 1.29 is 14.0 Å². The molecule has 0 radical (unpaired) electrons. The number of rotatable bonds is 8. The van der Waals surface area contributed by atoms with Gasteiger partial charge in [0.05, 0.1) is 22.2 Å². The first-order valence-electron chi connectivity index (χ1n) is 10.2. The van der Waals surface area contributed by atoms with Crippen molar-refractivity contribution in [1.29, 1.82) is 5.26 Å². The van der Waals surface area contributed by atoms with Crippen molar-refractivity contribution in [3.05, 3.63) is 86.6 Å². The number of aromatic amines is 1. The van der Waals surface area contributed by atoms with Crippen LogP contribution in [0.2, 0.25) is 0 Å². The molecule has 2 aliphatic rings. The Morgan fingerprint density at radius 2 is 1.91 bits per heavy atom. The van der Waals surface area contributed by atoms with E-state index in [1.54, 1.807) is 42.5 Å². The van der Waals surface area contributed by atoms with Gasteiger partial charge in [-0.3, -0.25) is 19.5 Å². The lowest BCUT2D eigenvalue weighted by atomic mass is 10.0. The van der Waals surface area contributed by atoms with Crippen molar-refractivity contribution in [3.8, 4) is 23.1 Å². The Morgan fingerprint density at radius 3 is 2.59 bits per heavy atom. The SMILES string of the molecule is CCCSP(=O)(Oc1ccc2[nH]c3ccc([N+](=O)[O-])cc3cc-2c1=O)Sc1ccc(C#N)cc1. The molecule has 0 amide bonds. The molecular weight excluding hydrogens is 493 g/mol. The second-order valence-electron chi connectivity index (χ2n) is 7.25. The number of pyridine rings is 1. The third kappa shape index (κ3) is 5.12. The molecular formula is C23H18N3O5PS2. The standard InChI is InChI=1S/C23H18N3O5PS2/c1-2-11-33-32(30,34-18-6-3-15(14-24)4-7-18)31-22-10-9-21-19(23(22)27)13-16-12-17(26(28)29)5-8-20(16)25-21/h3-10,12-13,25H,2,11H2,1H3. The molecule has 2 aromatic carbocycles. The molecule has 172 valence electrons. The Kier molecular flexibility index (Phi) is 6.98. The highest BCUT2D eigenvalue weighted by molar-refractivity contribution is 8.89. The average molecular weight is 512 g/mol. The lowest BCUT2D eigenvalue weighted by Gasteiger charge is -2.18. The van der Waals surface area contributed by atoms with E-state index in [1.807, 2.05) is 13.0 Å². The van der Waals surface area contributed by atoms with Crippen molar-refractivity contribution in [2.45, 2.75) is 18.2 Å². The van der Waals surface area contributed by atoms with Crippen LogP contribution in [0.3, 0.4) is 0 Å². The number of nitrogens with one attached hydrogen (secondary N) is 1. The van der Waals surface area contributed by atoms with E-state index in [0.29, 0.717) is 32.8 Å². The van der Waals surface area contributed by atoms with Gasteiger partial charge in [0.15, 0.2) is 5.75 Å². The molecule has 4 rings (SSSR count). The molecule has 1 unspecified atom stereocenters. The Hall–Kier alpha value is -3.25. The maximum absolute atomic E-state index is 13.7. The number of non-ortho nitro benzene ring substituents is 1. The number of hydrogen-bond donors (Lipinski definition) is 1. The van der Waals surface area contributed by atoms with Crippen LogP contribution in [-0.4, -0.2) is 15.7 Å². The summed E-state index contributed by atoms with van der Waals surface area (Å²) in [7, 11) is 0. The molecule has 2 aromatic rings. The molecule has 0 saturated heterocycles. The minimum atomic E-state index is -3.43. The van der Waals surface area contributed by atoms with Gasteiger partial charge < -0.3 is 9.51 Å². The molecule has 0 aromatic heterocycles. The summed E-state index contributed by atoms with van der Waals surface area (Å²) in [5.74, 6) is -2.91. The summed E-state index contributed by atoms with van der Waals surface area (Å²) in [6.07, 6.45) is 0.771. The predicted octanol–water partition coefficient (Wildman–Crippen LogP) is 6.84. The number of hydrogen-bond acceptors (Lipinski definition) is 8. The summed E-state index contributed by atoms with van der Waals surface area (Å²) in [6, 6.07) is 17.8. The zero-order valence-corrected chi connectivity index (χ0v) is 20.4. The van der Waals surface area contributed by atoms with Gasteiger partial charge in [-0.1, -0.05) is 6.92 Å². The quantitative estimate of drug-likeness (QED) is 0.118. The fourth-order valence-corrected chi connectivity index (χ4v) is 9.85. The van der Waals surface area contributed by atoms with Gasteiger partial charge in [0.2, 0.25) is 5.43 Å². The first-order chi connectivity index (χ1) is 16.3. The molecule has 8 nitrogen and oxygen atoms in total. The number of benzene rings is 3. The Balaban J connectivity index is 1.72. The van der Waals surface area contributed by atoms with Crippen LogP contribution in [0.25, 0.3) is 22.2 Å². The number of nitro groups is 1. The molecule has 0 spiro atoms. The molecule has 0 bridgehead atoms. The number of nitrogens with zero attached hydrogens (tertiary/aromatic N) is 2. The molecule has 1 heterocycles. The molecule has 11 heteroatoms. The normalized spacial score (nSPS) is 12.8. The Bertz CT molecular complexity index is 1500. The Morgan fingerprint density at radius 1 is 1.15 bits per heavy atom. The summed E-state index contributed by atoms with van der Waals surface area (Å²) in [4.78, 5) is 27.6. The molecule has 0 fully saturated rings. The van der Waals surface area contributed by atoms with Crippen LogP contribution in [0.15, 0.2) is 70.4 Å². The summed E-state index contributed by atoms with van der Waals surface area (Å²) in [5, 5.41) is 20.6. The minimum absolute atomic E-state index is 0.0567. The molecule has 1 atom stereocenters. The van der Waals surface area contributed by atoms with E-state index in [0.717, 1.165) is 29.2 Å². The average Bonchev–Trinajstić information content (AvgIpc) is 2.84. The summed E-state index contributed by atoms with van der Waals surface area (Å²) in [6.45, 7) is 1.96. The fraction of sp³-hybridized carbons (Fsp3) is 0.130. The topological polar surface area (TPSA) is 126 Å². The summed E-state index contributed by atoms with van der Waals surface area (Å²) in [5.41, 5.74) is 1.41. The van der Waals surface area contributed by atoms with Gasteiger partial charge in [-0.25, -0.2) is 0 Å². The molecule has 1 N–H and O–H groups in total. The van der Waals surface area contributed by atoms with Crippen LogP contribution in [0, 0.1) is 21.4 Å². The van der Waals surface area contributed by atoms with Crippen molar-refractivity contribution in [2.24, 2.45) is 0 Å². The second-order valence-corrected chi connectivity index (χ2v) is 14.5. The van der Waals surface area contributed by atoms with E-state index in [2.05, 4.69) is 4.98 Å². The van der Waals surface area contributed by atoms with E-state index < -0.39 is 16.1 Å². The molecule has 34 heavy (non-hydrogen) atoms. The van der Waals surface area contributed by atoms with Crippen molar-refractivity contribution in [3.63, 3.8) is 0 Å². The predicted molar refractivity (Wildman–Crippen MR) is 136 cm³/mol. The zero-order valence-electron chi connectivity index (χ0n) is 17.9. The van der Waals surface area contributed by atoms with Crippen LogP contribution < -0.4 is 9.95 Å². The number of nitro benzene ring substituents is 1. The lowest BCUT2D eigenvalue weighted by Crippen LogP contribution is -2.10. The van der Waals surface area contributed by atoms with E-state index in [9.17, 15) is 19.5 Å². The number of nitriles is 1. The van der Waals surface area contributed by atoms with Gasteiger partial charge in [-0.05, 0) is 77.7 Å². The van der Waals surface area contributed by atoms with Gasteiger partial charge in [0, 0.05) is 39.2 Å². The Labute approximate surface area is 202 Å².